The zero-order valence-corrected chi connectivity index (χ0v) is 18.1. The van der Waals surface area contributed by atoms with Crippen molar-refractivity contribution in [1.29, 1.82) is 0 Å². The molecule has 170 valence electrons. The number of thiazole rings is 1. The quantitative estimate of drug-likeness (QED) is 0.542. The number of alkyl halides is 3. The third-order valence-corrected chi connectivity index (χ3v) is 5.66. The summed E-state index contributed by atoms with van der Waals surface area (Å²) in [6.45, 7) is 1.75. The van der Waals surface area contributed by atoms with E-state index in [9.17, 15) is 18.0 Å². The SMILES string of the molecule is CN(C)CCN(C(=O)c1ccc2c(c1)OCCO2)c1nc2ccc(OC(F)(F)F)cc2s1. The van der Waals surface area contributed by atoms with Crippen molar-refractivity contribution in [3.63, 3.8) is 0 Å². The molecule has 3 aromatic rings. The highest BCUT2D eigenvalue weighted by atomic mass is 32.1. The highest BCUT2D eigenvalue weighted by Gasteiger charge is 2.31. The van der Waals surface area contributed by atoms with Crippen LogP contribution in [-0.4, -0.2) is 62.6 Å². The Bertz CT molecular complexity index is 1130. The third-order valence-electron chi connectivity index (χ3n) is 4.62. The number of hydrogen-bond donors (Lipinski definition) is 0. The van der Waals surface area contributed by atoms with E-state index in [4.69, 9.17) is 9.47 Å². The summed E-state index contributed by atoms with van der Waals surface area (Å²) in [7, 11) is 3.76. The van der Waals surface area contributed by atoms with Gasteiger partial charge in [-0.1, -0.05) is 11.3 Å². The van der Waals surface area contributed by atoms with Crippen molar-refractivity contribution in [2.45, 2.75) is 6.36 Å². The molecule has 0 saturated heterocycles. The van der Waals surface area contributed by atoms with Gasteiger partial charge in [0, 0.05) is 24.7 Å². The van der Waals surface area contributed by atoms with E-state index in [2.05, 4.69) is 9.72 Å². The van der Waals surface area contributed by atoms with Crippen molar-refractivity contribution in [3.8, 4) is 17.2 Å². The van der Waals surface area contributed by atoms with Gasteiger partial charge in [0.2, 0.25) is 0 Å². The summed E-state index contributed by atoms with van der Waals surface area (Å²) < 4.78 is 53.2. The van der Waals surface area contributed by atoms with Crippen LogP contribution >= 0.6 is 11.3 Å². The van der Waals surface area contributed by atoms with Crippen LogP contribution in [-0.2, 0) is 0 Å². The molecule has 0 bridgehead atoms. The summed E-state index contributed by atoms with van der Waals surface area (Å²) in [6.07, 6.45) is -4.78. The van der Waals surface area contributed by atoms with E-state index in [-0.39, 0.29) is 11.7 Å². The van der Waals surface area contributed by atoms with Crippen LogP contribution in [0.4, 0.5) is 18.3 Å². The minimum atomic E-state index is -4.78. The molecule has 0 spiro atoms. The molecule has 2 heterocycles. The van der Waals surface area contributed by atoms with E-state index in [0.29, 0.717) is 58.7 Å². The Balaban J connectivity index is 1.66. The summed E-state index contributed by atoms with van der Waals surface area (Å²) in [5.74, 6) is 0.436. The summed E-state index contributed by atoms with van der Waals surface area (Å²) in [5, 5.41) is 0.380. The number of amides is 1. The molecule has 1 aliphatic rings. The molecule has 0 N–H and O–H groups in total. The predicted octanol–water partition coefficient (Wildman–Crippen LogP) is 4.17. The largest absolute Gasteiger partial charge is 0.573 e. The Kier molecular flexibility index (Phi) is 6.11. The molecule has 32 heavy (non-hydrogen) atoms. The first-order chi connectivity index (χ1) is 15.2. The van der Waals surface area contributed by atoms with Crippen LogP contribution in [0.3, 0.4) is 0 Å². The van der Waals surface area contributed by atoms with Crippen LogP contribution in [0, 0.1) is 0 Å². The second-order valence-corrected chi connectivity index (χ2v) is 8.30. The monoisotopic (exact) mass is 467 g/mol. The number of benzene rings is 2. The highest BCUT2D eigenvalue weighted by Crippen LogP contribution is 2.35. The number of anilines is 1. The maximum atomic E-state index is 13.4. The number of rotatable bonds is 6. The van der Waals surface area contributed by atoms with E-state index >= 15 is 0 Å². The van der Waals surface area contributed by atoms with E-state index in [0.717, 1.165) is 11.3 Å². The third kappa shape index (κ3) is 5.05. The Morgan fingerprint density at radius 1 is 1.09 bits per heavy atom. The summed E-state index contributed by atoms with van der Waals surface area (Å²) >= 11 is 1.12. The van der Waals surface area contributed by atoms with Crippen LogP contribution in [0.5, 0.6) is 17.2 Å². The van der Waals surface area contributed by atoms with Gasteiger partial charge < -0.3 is 19.1 Å². The van der Waals surface area contributed by atoms with E-state index in [1.807, 2.05) is 19.0 Å². The first-order valence-electron chi connectivity index (χ1n) is 9.72. The summed E-state index contributed by atoms with van der Waals surface area (Å²) in [6, 6.07) is 8.87. The maximum absolute atomic E-state index is 13.4. The van der Waals surface area contributed by atoms with Gasteiger partial charge in [0.15, 0.2) is 16.6 Å². The van der Waals surface area contributed by atoms with Gasteiger partial charge in [-0.15, -0.1) is 13.2 Å². The highest BCUT2D eigenvalue weighted by molar-refractivity contribution is 7.22. The zero-order valence-electron chi connectivity index (χ0n) is 17.3. The molecular weight excluding hydrogens is 447 g/mol. The second-order valence-electron chi connectivity index (χ2n) is 7.29. The van der Waals surface area contributed by atoms with Crippen molar-refractivity contribution in [1.82, 2.24) is 9.88 Å². The molecule has 0 fully saturated rings. The number of carbonyl (C=O) groups excluding carboxylic acids is 1. The Hall–Kier alpha value is -3.05. The minimum absolute atomic E-state index is 0.297. The Labute approximate surface area is 185 Å². The lowest BCUT2D eigenvalue weighted by Gasteiger charge is -2.23. The van der Waals surface area contributed by atoms with Gasteiger partial charge in [0.05, 0.1) is 10.2 Å². The predicted molar refractivity (Wildman–Crippen MR) is 114 cm³/mol. The van der Waals surface area contributed by atoms with Crippen LogP contribution in [0.15, 0.2) is 36.4 Å². The lowest BCUT2D eigenvalue weighted by molar-refractivity contribution is -0.274. The molecule has 0 atom stereocenters. The molecule has 0 unspecified atom stereocenters. The van der Waals surface area contributed by atoms with Gasteiger partial charge in [-0.25, -0.2) is 4.98 Å². The number of fused-ring (bicyclic) bond motifs is 2. The van der Waals surface area contributed by atoms with Gasteiger partial charge in [0.1, 0.15) is 19.0 Å². The van der Waals surface area contributed by atoms with Gasteiger partial charge in [-0.2, -0.15) is 0 Å². The average Bonchev–Trinajstić information content (AvgIpc) is 3.15. The number of halogens is 3. The molecule has 0 radical (unpaired) electrons. The number of aromatic nitrogens is 1. The van der Waals surface area contributed by atoms with Crippen LogP contribution in [0.1, 0.15) is 10.4 Å². The van der Waals surface area contributed by atoms with E-state index in [1.165, 1.54) is 23.1 Å². The molecule has 2 aromatic carbocycles. The lowest BCUT2D eigenvalue weighted by atomic mass is 10.1. The maximum Gasteiger partial charge on any atom is 0.573 e. The van der Waals surface area contributed by atoms with Crippen molar-refractivity contribution in [2.24, 2.45) is 0 Å². The smallest absolute Gasteiger partial charge is 0.486 e. The van der Waals surface area contributed by atoms with Crippen molar-refractivity contribution >= 4 is 32.6 Å². The van der Waals surface area contributed by atoms with Gasteiger partial charge >= 0.3 is 6.36 Å². The van der Waals surface area contributed by atoms with Crippen LogP contribution in [0.25, 0.3) is 10.2 Å². The lowest BCUT2D eigenvalue weighted by Crippen LogP contribution is -2.36. The van der Waals surface area contributed by atoms with Gasteiger partial charge in [-0.05, 0) is 44.4 Å². The van der Waals surface area contributed by atoms with E-state index in [1.54, 1.807) is 18.2 Å². The number of nitrogens with zero attached hydrogens (tertiary/aromatic N) is 3. The normalized spacial score (nSPS) is 13.4. The molecule has 1 aliphatic heterocycles. The van der Waals surface area contributed by atoms with E-state index < -0.39 is 6.36 Å². The molecular formula is C21H20F3N3O4S. The number of hydrogen-bond acceptors (Lipinski definition) is 7. The fraction of sp³-hybridized carbons (Fsp3) is 0.333. The topological polar surface area (TPSA) is 64.1 Å². The Morgan fingerprint density at radius 3 is 2.56 bits per heavy atom. The van der Waals surface area contributed by atoms with Gasteiger partial charge in [-0.3, -0.25) is 9.69 Å². The standard InChI is InChI=1S/C21H20F3N3O4S/c1-26(2)7-8-27(19(28)13-3-6-16-17(11-13)30-10-9-29-16)20-25-15-5-4-14(12-18(15)32-20)31-21(22,23)24/h3-6,11-12H,7-10H2,1-2H3. The van der Waals surface area contributed by atoms with Crippen LogP contribution < -0.4 is 19.1 Å². The average molecular weight is 467 g/mol. The van der Waals surface area contributed by atoms with Crippen molar-refractivity contribution < 1.29 is 32.2 Å². The van der Waals surface area contributed by atoms with Crippen LogP contribution in [0.2, 0.25) is 0 Å². The Morgan fingerprint density at radius 2 is 1.84 bits per heavy atom. The van der Waals surface area contributed by atoms with Crippen molar-refractivity contribution in [3.05, 3.63) is 42.0 Å². The fourth-order valence-corrected chi connectivity index (χ4v) is 4.14. The first kappa shape index (κ1) is 22.2. The molecule has 7 nitrogen and oxygen atoms in total. The molecule has 4 rings (SSSR count). The minimum Gasteiger partial charge on any atom is -0.486 e. The molecule has 0 saturated carbocycles. The molecule has 0 aliphatic carbocycles. The number of carbonyl (C=O) groups is 1. The first-order valence-corrected chi connectivity index (χ1v) is 10.5. The molecule has 1 aromatic heterocycles. The summed E-state index contributed by atoms with van der Waals surface area (Å²) in [4.78, 5) is 21.3. The fourth-order valence-electron chi connectivity index (χ4n) is 3.12. The molecule has 11 heteroatoms. The zero-order chi connectivity index (χ0) is 22.9. The summed E-state index contributed by atoms with van der Waals surface area (Å²) in [5.41, 5.74) is 0.873. The second kappa shape index (κ2) is 8.83. The number of ether oxygens (including phenoxy) is 3. The van der Waals surface area contributed by atoms with Crippen molar-refractivity contribution in [2.75, 3.05) is 45.3 Å². The van der Waals surface area contributed by atoms with Gasteiger partial charge in [0.25, 0.3) is 5.91 Å². The number of likely N-dealkylation sites (N-methyl/N-ethyl adjacent to an activating group) is 1. The molecule has 1 amide bonds.